The Morgan fingerprint density at radius 2 is 2.20 bits per heavy atom. The largest absolute Gasteiger partial charge is 0.306 e. The highest BCUT2D eigenvalue weighted by atomic mass is 15.6. The molecule has 3 aliphatic heterocycles. The summed E-state index contributed by atoms with van der Waals surface area (Å²) in [6.07, 6.45) is 8.77. The normalized spacial score (nSPS) is 26.4. The van der Waals surface area contributed by atoms with Gasteiger partial charge in [0.2, 0.25) is 0 Å². The van der Waals surface area contributed by atoms with Crippen LogP contribution in [0.1, 0.15) is 12.8 Å². The van der Waals surface area contributed by atoms with E-state index in [1.54, 1.807) is 0 Å². The average molecular weight is 268 g/mol. The van der Waals surface area contributed by atoms with Crippen molar-refractivity contribution in [3.63, 3.8) is 0 Å². The van der Waals surface area contributed by atoms with E-state index in [1.807, 2.05) is 13.2 Å². The Labute approximate surface area is 117 Å². The number of nitrogens with one attached hydrogen (secondary N) is 3. The Morgan fingerprint density at radius 1 is 1.30 bits per heavy atom. The van der Waals surface area contributed by atoms with Crippen molar-refractivity contribution < 1.29 is 0 Å². The molecular formula is C14H16N6. The first-order valence-electron chi connectivity index (χ1n) is 7.05. The second-order valence-corrected chi connectivity index (χ2v) is 5.76. The zero-order valence-electron chi connectivity index (χ0n) is 11.3. The summed E-state index contributed by atoms with van der Waals surface area (Å²) in [7, 11) is 2.04. The fraction of sp³-hybridized carbons (Fsp3) is 0.357. The van der Waals surface area contributed by atoms with Crippen LogP contribution in [0.2, 0.25) is 0 Å². The van der Waals surface area contributed by atoms with Crippen LogP contribution < -0.4 is 16.3 Å². The summed E-state index contributed by atoms with van der Waals surface area (Å²) in [5, 5.41) is 9.08. The Bertz CT molecular complexity index is 661. The molecule has 0 aromatic heterocycles. The number of hydrogen-bond acceptors (Lipinski definition) is 6. The van der Waals surface area contributed by atoms with Crippen LogP contribution in [0.25, 0.3) is 0 Å². The van der Waals surface area contributed by atoms with Gasteiger partial charge >= 0.3 is 0 Å². The highest BCUT2D eigenvalue weighted by Gasteiger charge is 2.39. The lowest BCUT2D eigenvalue weighted by Gasteiger charge is -2.19. The SMILES string of the molecule is CN1NC2=C3CN(C4CC4)N=C3C=CC3=C2C1=CNN3. The van der Waals surface area contributed by atoms with E-state index >= 15 is 0 Å². The second-order valence-electron chi connectivity index (χ2n) is 5.76. The van der Waals surface area contributed by atoms with Gasteiger partial charge in [-0.05, 0) is 25.0 Å². The number of rotatable bonds is 1. The molecule has 0 unspecified atom stereocenters. The number of nitrogens with zero attached hydrogens (tertiary/aromatic N) is 3. The summed E-state index contributed by atoms with van der Waals surface area (Å²) < 4.78 is 0. The van der Waals surface area contributed by atoms with Gasteiger partial charge in [-0.2, -0.15) is 5.10 Å². The zero-order valence-corrected chi connectivity index (χ0v) is 11.3. The molecule has 0 atom stereocenters. The molecular weight excluding hydrogens is 252 g/mol. The third-order valence-corrected chi connectivity index (χ3v) is 4.38. The molecule has 5 aliphatic rings. The van der Waals surface area contributed by atoms with E-state index in [9.17, 15) is 0 Å². The van der Waals surface area contributed by atoms with Crippen LogP contribution >= 0.6 is 0 Å². The predicted octanol–water partition coefficient (Wildman–Crippen LogP) is 0.298. The standard InChI is InChI=1S/C14H16N6/c1-19-12-6-15-16-11-5-4-10-9(14(18-19)13(11)12)7-20(17-10)8-2-3-8/h4-6,8,15-16,18H,2-3,7H2,1H3. The Hall–Kier alpha value is -2.37. The minimum atomic E-state index is 0.657. The smallest absolute Gasteiger partial charge is 0.0904 e. The van der Waals surface area contributed by atoms with Crippen molar-refractivity contribution in [2.75, 3.05) is 13.6 Å². The summed E-state index contributed by atoms with van der Waals surface area (Å²) in [5.41, 5.74) is 16.9. The van der Waals surface area contributed by atoms with E-state index in [0.29, 0.717) is 6.04 Å². The molecule has 0 aromatic carbocycles. The monoisotopic (exact) mass is 268 g/mol. The fourth-order valence-electron chi connectivity index (χ4n) is 3.17. The third kappa shape index (κ3) is 1.25. The van der Waals surface area contributed by atoms with Gasteiger partial charge in [0.25, 0.3) is 0 Å². The molecule has 102 valence electrons. The van der Waals surface area contributed by atoms with E-state index in [1.165, 1.54) is 29.7 Å². The summed E-state index contributed by atoms with van der Waals surface area (Å²) in [6.45, 7) is 0.915. The van der Waals surface area contributed by atoms with Crippen molar-refractivity contribution in [1.29, 1.82) is 0 Å². The van der Waals surface area contributed by atoms with Crippen molar-refractivity contribution in [3.8, 4) is 0 Å². The van der Waals surface area contributed by atoms with Crippen LogP contribution in [0.4, 0.5) is 0 Å². The topological polar surface area (TPSA) is 54.9 Å². The molecule has 2 aliphatic carbocycles. The first-order chi connectivity index (χ1) is 9.81. The Kier molecular flexibility index (Phi) is 1.77. The van der Waals surface area contributed by atoms with Crippen molar-refractivity contribution >= 4 is 5.71 Å². The van der Waals surface area contributed by atoms with Crippen LogP contribution in [0.15, 0.2) is 51.7 Å². The highest BCUT2D eigenvalue weighted by Crippen LogP contribution is 2.38. The lowest BCUT2D eigenvalue weighted by molar-refractivity contribution is 0.319. The number of hydrogen-bond donors (Lipinski definition) is 3. The molecule has 1 saturated heterocycles. The van der Waals surface area contributed by atoms with Crippen molar-refractivity contribution in [2.45, 2.75) is 18.9 Å². The van der Waals surface area contributed by atoms with Crippen LogP contribution in [0.3, 0.4) is 0 Å². The molecule has 0 spiro atoms. The van der Waals surface area contributed by atoms with E-state index in [-0.39, 0.29) is 0 Å². The van der Waals surface area contributed by atoms with Crippen molar-refractivity contribution in [2.24, 2.45) is 5.10 Å². The number of allylic oxidation sites excluding steroid dienone is 2. The van der Waals surface area contributed by atoms with Crippen LogP contribution in [-0.4, -0.2) is 35.4 Å². The van der Waals surface area contributed by atoms with E-state index in [2.05, 4.69) is 38.4 Å². The maximum atomic E-state index is 4.78. The quantitative estimate of drug-likeness (QED) is 0.638. The lowest BCUT2D eigenvalue weighted by Crippen LogP contribution is -2.32. The number of hydrazine groups is 2. The molecule has 6 nitrogen and oxygen atoms in total. The minimum Gasteiger partial charge on any atom is -0.306 e. The van der Waals surface area contributed by atoms with Gasteiger partial charge in [0.1, 0.15) is 0 Å². The van der Waals surface area contributed by atoms with Gasteiger partial charge in [0.15, 0.2) is 0 Å². The maximum absolute atomic E-state index is 4.78. The van der Waals surface area contributed by atoms with Crippen LogP contribution in [-0.2, 0) is 0 Å². The minimum absolute atomic E-state index is 0.657. The molecule has 3 N–H and O–H groups in total. The molecule has 6 heteroatoms. The highest BCUT2D eigenvalue weighted by molar-refractivity contribution is 6.11. The molecule has 0 bridgehead atoms. The van der Waals surface area contributed by atoms with Gasteiger partial charge in [-0.25, -0.2) is 0 Å². The van der Waals surface area contributed by atoms with E-state index in [4.69, 9.17) is 5.10 Å². The molecule has 1 saturated carbocycles. The van der Waals surface area contributed by atoms with Gasteiger partial charge in [0, 0.05) is 24.9 Å². The molecule has 0 aromatic rings. The molecule has 20 heavy (non-hydrogen) atoms. The van der Waals surface area contributed by atoms with E-state index < -0.39 is 0 Å². The van der Waals surface area contributed by atoms with Crippen molar-refractivity contribution in [3.05, 3.63) is 46.6 Å². The Balaban J connectivity index is 1.68. The van der Waals surface area contributed by atoms with Gasteiger partial charge < -0.3 is 10.9 Å². The molecule has 0 amide bonds. The average Bonchev–Trinajstić information content (AvgIpc) is 3.16. The summed E-state index contributed by atoms with van der Waals surface area (Å²) >= 11 is 0. The second kappa shape index (κ2) is 3.39. The molecule has 2 fully saturated rings. The first kappa shape index (κ1) is 10.4. The van der Waals surface area contributed by atoms with Gasteiger partial charge in [-0.1, -0.05) is 0 Å². The summed E-state index contributed by atoms with van der Waals surface area (Å²) in [5.74, 6) is 0. The Morgan fingerprint density at radius 3 is 3.05 bits per heavy atom. The van der Waals surface area contributed by atoms with E-state index in [0.717, 1.165) is 23.7 Å². The molecule has 3 heterocycles. The predicted molar refractivity (Wildman–Crippen MR) is 75.6 cm³/mol. The number of fused-ring (bicyclic) bond motifs is 1. The fourth-order valence-corrected chi connectivity index (χ4v) is 3.17. The number of likely N-dealkylation sites (N-methyl/N-ethyl adjacent to an activating group) is 1. The first-order valence-corrected chi connectivity index (χ1v) is 7.05. The maximum Gasteiger partial charge on any atom is 0.0904 e. The van der Waals surface area contributed by atoms with Crippen LogP contribution in [0, 0.1) is 0 Å². The molecule has 0 radical (unpaired) electrons. The van der Waals surface area contributed by atoms with Gasteiger partial charge in [-0.3, -0.25) is 15.4 Å². The summed E-state index contributed by atoms with van der Waals surface area (Å²) in [4.78, 5) is 0. The van der Waals surface area contributed by atoms with Crippen LogP contribution in [0.5, 0.6) is 0 Å². The van der Waals surface area contributed by atoms with Crippen molar-refractivity contribution in [1.82, 2.24) is 26.3 Å². The third-order valence-electron chi connectivity index (χ3n) is 4.38. The zero-order chi connectivity index (χ0) is 13.3. The summed E-state index contributed by atoms with van der Waals surface area (Å²) in [6, 6.07) is 0.657. The number of hydrazone groups is 1. The molecule has 5 rings (SSSR count). The van der Waals surface area contributed by atoms with Gasteiger partial charge in [0.05, 0.1) is 34.9 Å². The lowest BCUT2D eigenvalue weighted by atomic mass is 10.0. The van der Waals surface area contributed by atoms with Gasteiger partial charge in [-0.15, -0.1) is 0 Å².